The molecule has 0 unspecified atom stereocenters. The average molecular weight is 426 g/mol. The van der Waals surface area contributed by atoms with Crippen molar-refractivity contribution >= 4 is 28.4 Å². The molecule has 1 aromatic heterocycles. The highest BCUT2D eigenvalue weighted by Gasteiger charge is 2.26. The van der Waals surface area contributed by atoms with Gasteiger partial charge in [-0.1, -0.05) is 43.1 Å². The van der Waals surface area contributed by atoms with Crippen molar-refractivity contribution in [3.63, 3.8) is 0 Å². The van der Waals surface area contributed by atoms with E-state index < -0.39 is 0 Å². The second-order valence-corrected chi connectivity index (χ2v) is 8.06. The maximum atomic E-state index is 13.5. The molecule has 0 aliphatic heterocycles. The third kappa shape index (κ3) is 4.41. The molecule has 0 aliphatic rings. The molecule has 5 nitrogen and oxygen atoms in total. The zero-order valence-corrected chi connectivity index (χ0v) is 18.7. The summed E-state index contributed by atoms with van der Waals surface area (Å²) in [6.45, 7) is 8.58. The van der Waals surface area contributed by atoms with Gasteiger partial charge in [0.25, 0.3) is 5.56 Å². The molecular weight excluding hydrogens is 398 g/mol. The summed E-state index contributed by atoms with van der Waals surface area (Å²) in [6.07, 6.45) is 2.07. The van der Waals surface area contributed by atoms with Crippen LogP contribution in [0.25, 0.3) is 16.6 Å². The van der Waals surface area contributed by atoms with Gasteiger partial charge in [-0.25, -0.2) is 4.98 Å². The van der Waals surface area contributed by atoms with Crippen molar-refractivity contribution in [2.24, 2.45) is 0 Å². The molecule has 30 heavy (non-hydrogen) atoms. The molecule has 2 aromatic carbocycles. The minimum absolute atomic E-state index is 0.0720. The van der Waals surface area contributed by atoms with Crippen LogP contribution < -0.4 is 5.56 Å². The molecule has 0 radical (unpaired) electrons. The maximum absolute atomic E-state index is 13.5. The molecule has 0 aliphatic carbocycles. The second-order valence-electron chi connectivity index (χ2n) is 7.62. The summed E-state index contributed by atoms with van der Waals surface area (Å²) >= 11 is 6.17. The van der Waals surface area contributed by atoms with Crippen molar-refractivity contribution in [2.45, 2.75) is 53.0 Å². The molecule has 1 atom stereocenters. The van der Waals surface area contributed by atoms with Crippen LogP contribution in [0.5, 0.6) is 0 Å². The molecule has 3 aromatic rings. The zero-order chi connectivity index (χ0) is 21.8. The number of rotatable bonds is 7. The fourth-order valence-electron chi connectivity index (χ4n) is 3.67. The van der Waals surface area contributed by atoms with Crippen LogP contribution in [-0.2, 0) is 4.79 Å². The number of benzene rings is 2. The van der Waals surface area contributed by atoms with Gasteiger partial charge >= 0.3 is 0 Å². The zero-order valence-electron chi connectivity index (χ0n) is 18.0. The van der Waals surface area contributed by atoms with Gasteiger partial charge in [0.05, 0.1) is 22.6 Å². The summed E-state index contributed by atoms with van der Waals surface area (Å²) < 4.78 is 1.63. The van der Waals surface area contributed by atoms with Crippen molar-refractivity contribution in [3.05, 3.63) is 69.2 Å². The van der Waals surface area contributed by atoms with Crippen molar-refractivity contribution < 1.29 is 4.79 Å². The summed E-state index contributed by atoms with van der Waals surface area (Å²) in [6, 6.07) is 12.5. The Balaban J connectivity index is 2.27. The number of halogens is 1. The first-order chi connectivity index (χ1) is 14.4. The van der Waals surface area contributed by atoms with E-state index in [-0.39, 0.29) is 17.5 Å². The lowest BCUT2D eigenvalue weighted by molar-refractivity contribution is -0.133. The maximum Gasteiger partial charge on any atom is 0.266 e. The van der Waals surface area contributed by atoms with Gasteiger partial charge in [0.15, 0.2) is 0 Å². The SMILES string of the molecule is CCCC(=O)N(CCC)[C@@H](C)c1nc2cc(Cl)ccc2c(=O)n1-c1ccc(C)cc1. The molecule has 0 fully saturated rings. The van der Waals surface area contributed by atoms with Gasteiger partial charge in [0.2, 0.25) is 5.91 Å². The number of fused-ring (bicyclic) bond motifs is 1. The van der Waals surface area contributed by atoms with Gasteiger partial charge in [-0.05, 0) is 57.0 Å². The first-order valence-corrected chi connectivity index (χ1v) is 10.8. The number of hydrogen-bond acceptors (Lipinski definition) is 3. The van der Waals surface area contributed by atoms with Crippen LogP contribution in [-0.4, -0.2) is 26.9 Å². The Bertz CT molecular complexity index is 1110. The molecule has 1 heterocycles. The molecular formula is C24H28ClN3O2. The number of carbonyl (C=O) groups is 1. The highest BCUT2D eigenvalue weighted by Crippen LogP contribution is 2.25. The number of aryl methyl sites for hydroxylation is 1. The van der Waals surface area contributed by atoms with E-state index in [1.165, 1.54) is 0 Å². The highest BCUT2D eigenvalue weighted by molar-refractivity contribution is 6.31. The van der Waals surface area contributed by atoms with Crippen molar-refractivity contribution in [1.29, 1.82) is 0 Å². The summed E-state index contributed by atoms with van der Waals surface area (Å²) in [5, 5.41) is 1.02. The van der Waals surface area contributed by atoms with Gasteiger partial charge in [-0.15, -0.1) is 0 Å². The van der Waals surface area contributed by atoms with E-state index in [9.17, 15) is 9.59 Å². The smallest absolute Gasteiger partial charge is 0.266 e. The van der Waals surface area contributed by atoms with E-state index in [4.69, 9.17) is 16.6 Å². The minimum atomic E-state index is -0.360. The Labute approximate surface area is 182 Å². The van der Waals surface area contributed by atoms with Crippen LogP contribution in [0.15, 0.2) is 47.3 Å². The topological polar surface area (TPSA) is 55.2 Å². The number of amides is 1. The second kappa shape index (κ2) is 9.43. The fraction of sp³-hybridized carbons (Fsp3) is 0.375. The molecule has 0 N–H and O–H groups in total. The summed E-state index contributed by atoms with van der Waals surface area (Å²) in [5.74, 6) is 0.610. The van der Waals surface area contributed by atoms with E-state index in [1.54, 1.807) is 22.8 Å². The van der Waals surface area contributed by atoms with E-state index in [0.29, 0.717) is 34.7 Å². The van der Waals surface area contributed by atoms with Crippen molar-refractivity contribution in [1.82, 2.24) is 14.5 Å². The van der Waals surface area contributed by atoms with E-state index in [0.717, 1.165) is 24.1 Å². The Hall–Kier alpha value is -2.66. The number of aromatic nitrogens is 2. The molecule has 0 spiro atoms. The summed E-state index contributed by atoms with van der Waals surface area (Å²) in [7, 11) is 0. The van der Waals surface area contributed by atoms with Gasteiger partial charge in [-0.3, -0.25) is 14.2 Å². The standard InChI is InChI=1S/C24H28ClN3O2/c1-5-7-22(29)27(14-6-2)17(4)23-26-21-15-18(25)10-13-20(21)24(30)28(23)19-11-8-16(3)9-12-19/h8-13,15,17H,5-7,14H2,1-4H3/t17-/m0/s1. The normalized spacial score (nSPS) is 12.2. The van der Waals surface area contributed by atoms with Gasteiger partial charge in [0, 0.05) is 18.0 Å². The van der Waals surface area contributed by atoms with Crippen LogP contribution in [0.4, 0.5) is 0 Å². The Kier molecular flexibility index (Phi) is 6.93. The first-order valence-electron chi connectivity index (χ1n) is 10.5. The molecule has 0 saturated carbocycles. The third-order valence-electron chi connectivity index (χ3n) is 5.24. The van der Waals surface area contributed by atoms with E-state index in [2.05, 4.69) is 0 Å². The van der Waals surface area contributed by atoms with E-state index in [1.807, 2.05) is 56.9 Å². The van der Waals surface area contributed by atoms with Crippen LogP contribution in [0.3, 0.4) is 0 Å². The van der Waals surface area contributed by atoms with Gasteiger partial charge in [-0.2, -0.15) is 0 Å². The van der Waals surface area contributed by atoms with Crippen LogP contribution in [0.2, 0.25) is 5.02 Å². The lowest BCUT2D eigenvalue weighted by Crippen LogP contribution is -2.37. The first kappa shape index (κ1) is 22.0. The Morgan fingerprint density at radius 2 is 1.83 bits per heavy atom. The largest absolute Gasteiger partial charge is 0.333 e. The molecule has 158 valence electrons. The number of hydrogen-bond donors (Lipinski definition) is 0. The molecule has 0 bridgehead atoms. The molecule has 6 heteroatoms. The predicted octanol–water partition coefficient (Wildman–Crippen LogP) is 5.45. The Morgan fingerprint density at radius 1 is 1.13 bits per heavy atom. The molecule has 3 rings (SSSR count). The third-order valence-corrected chi connectivity index (χ3v) is 5.47. The van der Waals surface area contributed by atoms with Crippen molar-refractivity contribution in [2.75, 3.05) is 6.54 Å². The lowest BCUT2D eigenvalue weighted by Gasteiger charge is -2.30. The number of nitrogens with zero attached hydrogens (tertiary/aromatic N) is 3. The number of carbonyl (C=O) groups excluding carboxylic acids is 1. The van der Waals surface area contributed by atoms with Crippen LogP contribution >= 0.6 is 11.6 Å². The van der Waals surface area contributed by atoms with Crippen LogP contribution in [0, 0.1) is 6.92 Å². The van der Waals surface area contributed by atoms with E-state index >= 15 is 0 Å². The predicted molar refractivity (Wildman–Crippen MR) is 122 cm³/mol. The summed E-state index contributed by atoms with van der Waals surface area (Å²) in [5.41, 5.74) is 2.21. The Morgan fingerprint density at radius 3 is 2.47 bits per heavy atom. The quantitative estimate of drug-likeness (QED) is 0.506. The van der Waals surface area contributed by atoms with Gasteiger partial charge < -0.3 is 4.90 Å². The van der Waals surface area contributed by atoms with Crippen LogP contribution in [0.1, 0.15) is 57.5 Å². The highest BCUT2D eigenvalue weighted by atomic mass is 35.5. The van der Waals surface area contributed by atoms with Crippen molar-refractivity contribution in [3.8, 4) is 5.69 Å². The molecule has 0 saturated heterocycles. The fourth-order valence-corrected chi connectivity index (χ4v) is 3.84. The minimum Gasteiger partial charge on any atom is -0.333 e. The average Bonchev–Trinajstić information content (AvgIpc) is 2.72. The summed E-state index contributed by atoms with van der Waals surface area (Å²) in [4.78, 5) is 33.0. The monoisotopic (exact) mass is 425 g/mol. The molecule has 1 amide bonds. The van der Waals surface area contributed by atoms with Gasteiger partial charge in [0.1, 0.15) is 5.82 Å². The lowest BCUT2D eigenvalue weighted by atomic mass is 10.1.